The van der Waals surface area contributed by atoms with E-state index in [0.717, 1.165) is 24.4 Å². The van der Waals surface area contributed by atoms with Gasteiger partial charge in [0.1, 0.15) is 11.4 Å². The molecule has 4 N–H and O–H groups in total. The van der Waals surface area contributed by atoms with Crippen LogP contribution in [0.4, 0.5) is 16.6 Å². The standard InChI is InChI=1S/C16H27N5O2/c1-9(2)18-13-8-12(20-14(17)21-13)10-6-11(7-10)19-15(22)23-16(3,4)5/h8-11H,6-7H2,1-5H3,(H,19,22)(H3,17,18,20,21). The first kappa shape index (κ1) is 17.3. The maximum absolute atomic E-state index is 11.7. The van der Waals surface area contributed by atoms with Crippen molar-refractivity contribution in [1.82, 2.24) is 15.3 Å². The molecule has 0 saturated heterocycles. The van der Waals surface area contributed by atoms with Crippen LogP contribution in [0.3, 0.4) is 0 Å². The summed E-state index contributed by atoms with van der Waals surface area (Å²) in [4.78, 5) is 20.3. The Bertz CT molecular complexity index is 562. The molecule has 0 unspecified atom stereocenters. The summed E-state index contributed by atoms with van der Waals surface area (Å²) >= 11 is 0. The van der Waals surface area contributed by atoms with Crippen LogP contribution in [0.2, 0.25) is 0 Å². The third-order valence-corrected chi connectivity index (χ3v) is 3.48. The normalized spacial score (nSPS) is 20.8. The summed E-state index contributed by atoms with van der Waals surface area (Å²) < 4.78 is 5.26. The SMILES string of the molecule is CC(C)Nc1cc(C2CC(NC(=O)OC(C)(C)C)C2)nc(N)n1. The summed E-state index contributed by atoms with van der Waals surface area (Å²) in [5, 5.41) is 6.12. The Balaban J connectivity index is 1.89. The number of aromatic nitrogens is 2. The molecule has 1 fully saturated rings. The van der Waals surface area contributed by atoms with Crippen LogP contribution in [0.5, 0.6) is 0 Å². The first-order chi connectivity index (χ1) is 10.6. The fourth-order valence-corrected chi connectivity index (χ4v) is 2.52. The summed E-state index contributed by atoms with van der Waals surface area (Å²) in [6, 6.07) is 2.33. The molecule has 7 nitrogen and oxygen atoms in total. The van der Waals surface area contributed by atoms with Crippen LogP contribution in [0.15, 0.2) is 6.07 Å². The molecular formula is C16H27N5O2. The first-order valence-corrected chi connectivity index (χ1v) is 8.03. The molecule has 128 valence electrons. The number of anilines is 2. The third kappa shape index (κ3) is 5.26. The van der Waals surface area contributed by atoms with Gasteiger partial charge in [-0.1, -0.05) is 0 Å². The van der Waals surface area contributed by atoms with Gasteiger partial charge in [0, 0.05) is 24.1 Å². The molecule has 0 radical (unpaired) electrons. The topological polar surface area (TPSA) is 102 Å². The maximum atomic E-state index is 11.7. The van der Waals surface area contributed by atoms with Gasteiger partial charge in [-0.25, -0.2) is 9.78 Å². The van der Waals surface area contributed by atoms with E-state index in [-0.39, 0.29) is 30.0 Å². The number of carbonyl (C=O) groups excluding carboxylic acids is 1. The Morgan fingerprint density at radius 1 is 1.35 bits per heavy atom. The second-order valence-electron chi connectivity index (χ2n) is 7.35. The van der Waals surface area contributed by atoms with Crippen LogP contribution in [0.1, 0.15) is 59.1 Å². The first-order valence-electron chi connectivity index (χ1n) is 8.03. The Hall–Kier alpha value is -2.05. The van der Waals surface area contributed by atoms with E-state index in [4.69, 9.17) is 10.5 Å². The van der Waals surface area contributed by atoms with Crippen molar-refractivity contribution in [3.63, 3.8) is 0 Å². The van der Waals surface area contributed by atoms with Crippen molar-refractivity contribution >= 4 is 17.9 Å². The lowest BCUT2D eigenvalue weighted by molar-refractivity contribution is 0.0470. The zero-order valence-corrected chi connectivity index (χ0v) is 14.5. The molecule has 0 aromatic carbocycles. The van der Waals surface area contributed by atoms with Crippen molar-refractivity contribution in [1.29, 1.82) is 0 Å². The van der Waals surface area contributed by atoms with Crippen LogP contribution in [-0.4, -0.2) is 33.7 Å². The quantitative estimate of drug-likeness (QED) is 0.788. The molecule has 2 rings (SSSR count). The molecule has 23 heavy (non-hydrogen) atoms. The van der Waals surface area contributed by atoms with Crippen molar-refractivity contribution in [3.05, 3.63) is 11.8 Å². The van der Waals surface area contributed by atoms with Crippen molar-refractivity contribution in [2.24, 2.45) is 0 Å². The monoisotopic (exact) mass is 321 g/mol. The number of nitrogen functional groups attached to an aromatic ring is 1. The predicted molar refractivity (Wildman–Crippen MR) is 90.3 cm³/mol. The number of nitrogens with zero attached hydrogens (tertiary/aromatic N) is 2. The van der Waals surface area contributed by atoms with E-state index in [9.17, 15) is 4.79 Å². The summed E-state index contributed by atoms with van der Waals surface area (Å²) in [5.74, 6) is 1.30. The minimum atomic E-state index is -0.480. The lowest BCUT2D eigenvalue weighted by Gasteiger charge is -2.36. The summed E-state index contributed by atoms with van der Waals surface area (Å²) in [5.41, 5.74) is 6.22. The van der Waals surface area contributed by atoms with E-state index in [1.54, 1.807) is 0 Å². The van der Waals surface area contributed by atoms with Crippen molar-refractivity contribution in [2.75, 3.05) is 11.1 Å². The fraction of sp³-hybridized carbons (Fsp3) is 0.688. The van der Waals surface area contributed by atoms with Crippen molar-refractivity contribution in [3.8, 4) is 0 Å². The van der Waals surface area contributed by atoms with E-state index < -0.39 is 5.60 Å². The van der Waals surface area contributed by atoms with Crippen LogP contribution >= 0.6 is 0 Å². The van der Waals surface area contributed by atoms with Gasteiger partial charge in [-0.3, -0.25) is 0 Å². The van der Waals surface area contributed by atoms with Crippen molar-refractivity contribution in [2.45, 2.75) is 71.1 Å². The van der Waals surface area contributed by atoms with Gasteiger partial charge in [-0.15, -0.1) is 0 Å². The molecule has 1 saturated carbocycles. The number of nitrogens with one attached hydrogen (secondary N) is 2. The molecule has 1 heterocycles. The van der Waals surface area contributed by atoms with E-state index in [1.165, 1.54) is 0 Å². The lowest BCUT2D eigenvalue weighted by Crippen LogP contribution is -2.45. The molecule has 1 aromatic rings. The molecular weight excluding hydrogens is 294 g/mol. The highest BCUT2D eigenvalue weighted by atomic mass is 16.6. The van der Waals surface area contributed by atoms with Gasteiger partial charge >= 0.3 is 6.09 Å². The van der Waals surface area contributed by atoms with E-state index in [1.807, 2.05) is 40.7 Å². The van der Waals surface area contributed by atoms with Crippen LogP contribution in [0.25, 0.3) is 0 Å². The summed E-state index contributed by atoms with van der Waals surface area (Å²) in [6.07, 6.45) is 1.29. The largest absolute Gasteiger partial charge is 0.444 e. The number of nitrogens with two attached hydrogens (primary N) is 1. The van der Waals surface area contributed by atoms with Gasteiger partial charge in [-0.05, 0) is 47.5 Å². The third-order valence-electron chi connectivity index (χ3n) is 3.48. The van der Waals surface area contributed by atoms with Crippen LogP contribution < -0.4 is 16.4 Å². The zero-order valence-electron chi connectivity index (χ0n) is 14.5. The Kier molecular flexibility index (Phi) is 4.97. The van der Waals surface area contributed by atoms with Gasteiger partial charge in [0.05, 0.1) is 5.69 Å². The molecule has 7 heteroatoms. The number of hydrogen-bond donors (Lipinski definition) is 3. The van der Waals surface area contributed by atoms with Gasteiger partial charge < -0.3 is 21.1 Å². The maximum Gasteiger partial charge on any atom is 0.407 e. The van der Waals surface area contributed by atoms with E-state index >= 15 is 0 Å². The Morgan fingerprint density at radius 2 is 2.00 bits per heavy atom. The molecule has 0 atom stereocenters. The molecule has 1 amide bonds. The molecule has 1 aromatic heterocycles. The van der Waals surface area contributed by atoms with E-state index in [0.29, 0.717) is 0 Å². The minimum Gasteiger partial charge on any atom is -0.444 e. The minimum absolute atomic E-state index is 0.118. The Morgan fingerprint density at radius 3 is 2.57 bits per heavy atom. The van der Waals surface area contributed by atoms with Gasteiger partial charge in [-0.2, -0.15) is 4.98 Å². The number of rotatable bonds is 4. The number of hydrogen-bond acceptors (Lipinski definition) is 6. The van der Waals surface area contributed by atoms with Gasteiger partial charge in [0.25, 0.3) is 0 Å². The summed E-state index contributed by atoms with van der Waals surface area (Å²) in [6.45, 7) is 9.64. The molecule has 0 bridgehead atoms. The zero-order chi connectivity index (χ0) is 17.2. The lowest BCUT2D eigenvalue weighted by atomic mass is 9.78. The fourth-order valence-electron chi connectivity index (χ4n) is 2.52. The highest BCUT2D eigenvalue weighted by Crippen LogP contribution is 2.37. The highest BCUT2D eigenvalue weighted by Gasteiger charge is 2.34. The molecule has 0 aliphatic heterocycles. The average Bonchev–Trinajstić information content (AvgIpc) is 2.29. The number of alkyl carbamates (subject to hydrolysis) is 1. The second kappa shape index (κ2) is 6.60. The number of amides is 1. The molecule has 1 aliphatic carbocycles. The second-order valence-corrected chi connectivity index (χ2v) is 7.35. The van der Waals surface area contributed by atoms with Crippen LogP contribution in [-0.2, 0) is 4.74 Å². The smallest absolute Gasteiger partial charge is 0.407 e. The molecule has 0 spiro atoms. The van der Waals surface area contributed by atoms with Gasteiger partial charge in [0.15, 0.2) is 0 Å². The molecule has 1 aliphatic rings. The van der Waals surface area contributed by atoms with Crippen LogP contribution in [0, 0.1) is 0 Å². The predicted octanol–water partition coefficient (Wildman–Crippen LogP) is 2.65. The Labute approximate surface area is 137 Å². The number of carbonyl (C=O) groups is 1. The summed E-state index contributed by atoms with van der Waals surface area (Å²) in [7, 11) is 0. The van der Waals surface area contributed by atoms with E-state index in [2.05, 4.69) is 20.6 Å². The average molecular weight is 321 g/mol. The number of ether oxygens (including phenoxy) is 1. The van der Waals surface area contributed by atoms with Crippen molar-refractivity contribution < 1.29 is 9.53 Å². The highest BCUT2D eigenvalue weighted by molar-refractivity contribution is 5.68. The van der Waals surface area contributed by atoms with Gasteiger partial charge in [0.2, 0.25) is 5.95 Å².